The lowest BCUT2D eigenvalue weighted by Crippen LogP contribution is -2.26. The molecule has 0 spiro atoms. The van der Waals surface area contributed by atoms with Gasteiger partial charge in [-0.15, -0.1) is 0 Å². The molecular weight excluding hydrogens is 250 g/mol. The van der Waals surface area contributed by atoms with E-state index in [-0.39, 0.29) is 6.61 Å². The van der Waals surface area contributed by atoms with Gasteiger partial charge < -0.3 is 15.2 Å². The Morgan fingerprint density at radius 3 is 2.35 bits per heavy atom. The molecule has 3 nitrogen and oxygen atoms in total. The summed E-state index contributed by atoms with van der Waals surface area (Å²) in [6.45, 7) is 4.78. The Morgan fingerprint density at radius 1 is 1.00 bits per heavy atom. The summed E-state index contributed by atoms with van der Waals surface area (Å²) in [5.41, 5.74) is 3.29. The molecule has 0 heterocycles. The van der Waals surface area contributed by atoms with Crippen LogP contribution < -0.4 is 10.1 Å². The number of rotatable bonds is 6. The zero-order valence-corrected chi connectivity index (χ0v) is 12.0. The lowest BCUT2D eigenvalue weighted by molar-refractivity contribution is 0.117. The smallest absolute Gasteiger partial charge is 0.122 e. The summed E-state index contributed by atoms with van der Waals surface area (Å²) < 4.78 is 5.63. The number of hydrogen-bond acceptors (Lipinski definition) is 3. The number of benzene rings is 2. The summed E-state index contributed by atoms with van der Waals surface area (Å²) in [5.74, 6) is 0.822. The largest absolute Gasteiger partial charge is 0.491 e. The molecule has 0 bridgehead atoms. The number of aliphatic hydroxyl groups is 1. The average Bonchev–Trinajstić information content (AvgIpc) is 2.45. The Kier molecular flexibility index (Phi) is 5.02. The van der Waals surface area contributed by atoms with Gasteiger partial charge in [-0.25, -0.2) is 0 Å². The molecule has 2 N–H and O–H groups in total. The Morgan fingerprint density at radius 2 is 1.65 bits per heavy atom. The third kappa shape index (κ3) is 4.00. The van der Waals surface area contributed by atoms with Crippen molar-refractivity contribution in [1.82, 2.24) is 0 Å². The number of para-hydroxylation sites is 2. The maximum Gasteiger partial charge on any atom is 0.122 e. The van der Waals surface area contributed by atoms with Crippen molar-refractivity contribution < 1.29 is 9.84 Å². The van der Waals surface area contributed by atoms with Gasteiger partial charge in [-0.05, 0) is 37.1 Å². The fraction of sp³-hybridized carbons (Fsp3) is 0.294. The summed E-state index contributed by atoms with van der Waals surface area (Å²) in [7, 11) is 0. The van der Waals surface area contributed by atoms with Crippen LogP contribution in [0.3, 0.4) is 0 Å². The first-order valence-corrected chi connectivity index (χ1v) is 6.83. The highest BCUT2D eigenvalue weighted by molar-refractivity contribution is 5.50. The molecule has 1 atom stereocenters. The van der Waals surface area contributed by atoms with Crippen molar-refractivity contribution in [3.8, 4) is 5.75 Å². The van der Waals surface area contributed by atoms with Crippen molar-refractivity contribution >= 4 is 5.69 Å². The van der Waals surface area contributed by atoms with E-state index in [0.29, 0.717) is 6.54 Å². The second-order valence-corrected chi connectivity index (χ2v) is 4.93. The second-order valence-electron chi connectivity index (χ2n) is 4.93. The van der Waals surface area contributed by atoms with Crippen molar-refractivity contribution in [3.05, 3.63) is 59.7 Å². The lowest BCUT2D eigenvalue weighted by Gasteiger charge is -2.16. The van der Waals surface area contributed by atoms with Gasteiger partial charge >= 0.3 is 0 Å². The average molecular weight is 271 g/mol. The van der Waals surface area contributed by atoms with Crippen molar-refractivity contribution in [1.29, 1.82) is 0 Å². The van der Waals surface area contributed by atoms with Crippen LogP contribution in [0, 0.1) is 13.8 Å². The fourth-order valence-electron chi connectivity index (χ4n) is 1.96. The van der Waals surface area contributed by atoms with Gasteiger partial charge in [0.25, 0.3) is 0 Å². The van der Waals surface area contributed by atoms with Gasteiger partial charge in [0.1, 0.15) is 18.5 Å². The summed E-state index contributed by atoms with van der Waals surface area (Å²) in [4.78, 5) is 0. The van der Waals surface area contributed by atoms with Crippen LogP contribution in [0.4, 0.5) is 5.69 Å². The third-order valence-corrected chi connectivity index (χ3v) is 3.20. The zero-order chi connectivity index (χ0) is 14.4. The summed E-state index contributed by atoms with van der Waals surface area (Å²) in [6, 6.07) is 15.8. The van der Waals surface area contributed by atoms with Crippen molar-refractivity contribution in [3.63, 3.8) is 0 Å². The van der Waals surface area contributed by atoms with Gasteiger partial charge in [-0.2, -0.15) is 0 Å². The van der Waals surface area contributed by atoms with Crippen LogP contribution in [0.5, 0.6) is 5.75 Å². The summed E-state index contributed by atoms with van der Waals surface area (Å²) >= 11 is 0. The highest BCUT2D eigenvalue weighted by Gasteiger charge is 2.07. The fourth-order valence-corrected chi connectivity index (χ4v) is 1.96. The Hall–Kier alpha value is -2.00. The number of ether oxygens (including phenoxy) is 1. The van der Waals surface area contributed by atoms with E-state index in [1.54, 1.807) is 0 Å². The molecule has 2 aromatic rings. The highest BCUT2D eigenvalue weighted by atomic mass is 16.5. The van der Waals surface area contributed by atoms with Gasteiger partial charge in [0, 0.05) is 12.2 Å². The first kappa shape index (κ1) is 14.4. The number of nitrogens with one attached hydrogen (secondary N) is 1. The van der Waals surface area contributed by atoms with Crippen LogP contribution in [-0.4, -0.2) is 24.4 Å². The molecule has 2 aromatic carbocycles. The van der Waals surface area contributed by atoms with Crippen molar-refractivity contribution in [2.45, 2.75) is 20.0 Å². The summed E-state index contributed by atoms with van der Waals surface area (Å²) in [5, 5.41) is 13.2. The Labute approximate surface area is 120 Å². The van der Waals surface area contributed by atoms with Crippen molar-refractivity contribution in [2.75, 3.05) is 18.5 Å². The molecule has 0 aliphatic heterocycles. The van der Waals surface area contributed by atoms with Crippen LogP contribution in [0.15, 0.2) is 48.5 Å². The van der Waals surface area contributed by atoms with E-state index in [9.17, 15) is 5.11 Å². The minimum Gasteiger partial charge on any atom is -0.491 e. The minimum atomic E-state index is -0.547. The Balaban J connectivity index is 1.80. The molecule has 3 heteroatoms. The highest BCUT2D eigenvalue weighted by Crippen LogP contribution is 2.16. The quantitative estimate of drug-likeness (QED) is 0.848. The number of aliphatic hydroxyl groups excluding tert-OH is 1. The standard InChI is InChI=1S/C17H21NO2/c1-13-7-3-5-9-16(13)18-11-15(19)12-20-17-10-6-4-8-14(17)2/h3-10,15,18-19H,11-12H2,1-2H3. The van der Waals surface area contributed by atoms with E-state index >= 15 is 0 Å². The molecule has 0 saturated heterocycles. The maximum absolute atomic E-state index is 9.97. The van der Waals surface area contributed by atoms with Gasteiger partial charge in [0.2, 0.25) is 0 Å². The molecule has 0 aliphatic carbocycles. The molecular formula is C17H21NO2. The maximum atomic E-state index is 9.97. The van der Waals surface area contributed by atoms with E-state index in [4.69, 9.17) is 4.74 Å². The molecule has 0 amide bonds. The monoisotopic (exact) mass is 271 g/mol. The minimum absolute atomic E-state index is 0.281. The normalized spacial score (nSPS) is 11.9. The molecule has 2 rings (SSSR count). The molecule has 0 aliphatic rings. The van der Waals surface area contributed by atoms with E-state index < -0.39 is 6.10 Å². The predicted octanol–water partition coefficient (Wildman–Crippen LogP) is 3.16. The van der Waals surface area contributed by atoms with Crippen LogP contribution >= 0.6 is 0 Å². The predicted molar refractivity (Wildman–Crippen MR) is 82.3 cm³/mol. The molecule has 0 fully saturated rings. The van der Waals surface area contributed by atoms with Crippen LogP contribution in [0.1, 0.15) is 11.1 Å². The molecule has 0 radical (unpaired) electrons. The van der Waals surface area contributed by atoms with Crippen LogP contribution in [0.2, 0.25) is 0 Å². The van der Waals surface area contributed by atoms with Crippen LogP contribution in [0.25, 0.3) is 0 Å². The molecule has 20 heavy (non-hydrogen) atoms. The van der Waals surface area contributed by atoms with E-state index in [2.05, 4.69) is 5.32 Å². The lowest BCUT2D eigenvalue weighted by atomic mass is 10.2. The van der Waals surface area contributed by atoms with Gasteiger partial charge in [-0.1, -0.05) is 36.4 Å². The SMILES string of the molecule is Cc1ccccc1NCC(O)COc1ccccc1C. The second kappa shape index (κ2) is 6.96. The number of aryl methyl sites for hydroxylation is 2. The van der Waals surface area contributed by atoms with E-state index in [1.807, 2.05) is 62.4 Å². The van der Waals surface area contributed by atoms with E-state index in [1.165, 1.54) is 5.56 Å². The van der Waals surface area contributed by atoms with Gasteiger partial charge in [-0.3, -0.25) is 0 Å². The number of hydrogen-bond donors (Lipinski definition) is 2. The van der Waals surface area contributed by atoms with Crippen LogP contribution in [-0.2, 0) is 0 Å². The van der Waals surface area contributed by atoms with Gasteiger partial charge in [0.15, 0.2) is 0 Å². The van der Waals surface area contributed by atoms with E-state index in [0.717, 1.165) is 17.0 Å². The molecule has 0 saturated carbocycles. The summed E-state index contributed by atoms with van der Waals surface area (Å²) in [6.07, 6.45) is -0.547. The molecule has 1 unspecified atom stereocenters. The first-order chi connectivity index (χ1) is 9.66. The Bertz CT molecular complexity index is 505. The third-order valence-electron chi connectivity index (χ3n) is 3.20. The topological polar surface area (TPSA) is 41.5 Å². The molecule has 0 aromatic heterocycles. The van der Waals surface area contributed by atoms with Crippen molar-refractivity contribution in [2.24, 2.45) is 0 Å². The zero-order valence-electron chi connectivity index (χ0n) is 12.0. The molecule has 106 valence electrons. The van der Waals surface area contributed by atoms with Gasteiger partial charge in [0.05, 0.1) is 0 Å². The number of anilines is 1. The first-order valence-electron chi connectivity index (χ1n) is 6.83.